The minimum absolute atomic E-state index is 0. The van der Waals surface area contributed by atoms with Crippen LogP contribution in [-0.2, 0) is 34.0 Å². The van der Waals surface area contributed by atoms with Gasteiger partial charge in [-0.05, 0) is 12.8 Å². The third kappa shape index (κ3) is 7.22. The van der Waals surface area contributed by atoms with Gasteiger partial charge in [0.15, 0.2) is 15.8 Å². The molecule has 1 unspecified atom stereocenters. The second kappa shape index (κ2) is 11.6. The molecule has 0 bridgehead atoms. The van der Waals surface area contributed by atoms with E-state index in [4.69, 9.17) is 4.52 Å². The second-order valence-corrected chi connectivity index (χ2v) is 8.74. The van der Waals surface area contributed by atoms with Gasteiger partial charge in [0.05, 0.1) is 17.2 Å². The average molecular weight is 527 g/mol. The van der Waals surface area contributed by atoms with Crippen LogP contribution in [0.5, 0.6) is 0 Å². The van der Waals surface area contributed by atoms with E-state index < -0.39 is 9.84 Å². The summed E-state index contributed by atoms with van der Waals surface area (Å²) < 4.78 is 28.2. The Morgan fingerprint density at radius 2 is 2.04 bits per heavy atom. The van der Waals surface area contributed by atoms with Crippen LogP contribution in [0.25, 0.3) is 0 Å². The summed E-state index contributed by atoms with van der Waals surface area (Å²) in [7, 11) is -1.33. The Bertz CT molecular complexity index is 757. The molecule has 2 rings (SSSR count). The fourth-order valence-electron chi connectivity index (χ4n) is 3.03. The Morgan fingerprint density at radius 3 is 2.61 bits per heavy atom. The number of hydrogen-bond donors (Lipinski definition) is 3. The first-order valence-corrected chi connectivity index (χ1v) is 11.1. The third-order valence-corrected chi connectivity index (χ3v) is 6.27. The standard InChI is InChI=1S/C17H29N5O4S.HI/c1-4-14-13(15(5-2)26-22-14)10-20-17(18-3)19-8-6-16(23)21-12-7-9-27(24,25)11-12;/h12H,4-11H2,1-3H3,(H,21,23)(H2,18,19,20);1H. The van der Waals surface area contributed by atoms with Gasteiger partial charge in [-0.3, -0.25) is 9.79 Å². The lowest BCUT2D eigenvalue weighted by Gasteiger charge is -2.13. The molecule has 0 spiro atoms. The van der Waals surface area contributed by atoms with E-state index >= 15 is 0 Å². The van der Waals surface area contributed by atoms with Crippen molar-refractivity contribution in [3.8, 4) is 0 Å². The Balaban J connectivity index is 0.00000392. The molecule has 11 heteroatoms. The van der Waals surface area contributed by atoms with Crippen molar-refractivity contribution >= 4 is 45.7 Å². The van der Waals surface area contributed by atoms with Crippen LogP contribution in [0.15, 0.2) is 9.52 Å². The minimum Gasteiger partial charge on any atom is -0.361 e. The first-order valence-electron chi connectivity index (χ1n) is 9.29. The number of hydrogen-bond acceptors (Lipinski definition) is 6. The van der Waals surface area contributed by atoms with Crippen molar-refractivity contribution in [3.05, 3.63) is 17.0 Å². The molecular formula is C17H30IN5O4S. The molecule has 1 aliphatic heterocycles. The van der Waals surface area contributed by atoms with Crippen LogP contribution >= 0.6 is 24.0 Å². The van der Waals surface area contributed by atoms with E-state index in [9.17, 15) is 13.2 Å². The van der Waals surface area contributed by atoms with Crippen LogP contribution in [0.4, 0.5) is 0 Å². The van der Waals surface area contributed by atoms with E-state index in [1.54, 1.807) is 7.05 Å². The Labute approximate surface area is 183 Å². The largest absolute Gasteiger partial charge is 0.361 e. The Kier molecular flexibility index (Phi) is 10.2. The molecule has 28 heavy (non-hydrogen) atoms. The van der Waals surface area contributed by atoms with Gasteiger partial charge < -0.3 is 20.5 Å². The molecule has 1 aromatic heterocycles. The monoisotopic (exact) mass is 527 g/mol. The van der Waals surface area contributed by atoms with E-state index in [-0.39, 0.29) is 53.9 Å². The summed E-state index contributed by atoms with van der Waals surface area (Å²) in [5, 5.41) is 13.1. The molecule has 1 aromatic rings. The van der Waals surface area contributed by atoms with Gasteiger partial charge in [0.2, 0.25) is 5.91 Å². The highest BCUT2D eigenvalue weighted by atomic mass is 127. The molecule has 9 nitrogen and oxygen atoms in total. The Hall–Kier alpha value is -1.37. The van der Waals surface area contributed by atoms with Crippen molar-refractivity contribution in [2.75, 3.05) is 25.1 Å². The number of rotatable bonds is 8. The smallest absolute Gasteiger partial charge is 0.222 e. The summed E-state index contributed by atoms with van der Waals surface area (Å²) >= 11 is 0. The van der Waals surface area contributed by atoms with Crippen LogP contribution < -0.4 is 16.0 Å². The number of carbonyl (C=O) groups excluding carboxylic acids is 1. The zero-order valence-corrected chi connectivity index (χ0v) is 19.7. The normalized spacial score (nSPS) is 18.4. The fraction of sp³-hybridized carbons (Fsp3) is 0.706. The Morgan fingerprint density at radius 1 is 1.29 bits per heavy atom. The van der Waals surface area contributed by atoms with E-state index in [0.717, 1.165) is 29.9 Å². The maximum Gasteiger partial charge on any atom is 0.222 e. The second-order valence-electron chi connectivity index (χ2n) is 6.51. The van der Waals surface area contributed by atoms with Crippen LogP contribution in [0.1, 0.15) is 43.7 Å². The zero-order valence-electron chi connectivity index (χ0n) is 16.6. The number of carbonyl (C=O) groups is 1. The highest BCUT2D eigenvalue weighted by Crippen LogP contribution is 2.15. The van der Waals surface area contributed by atoms with Gasteiger partial charge in [-0.25, -0.2) is 8.42 Å². The summed E-state index contributed by atoms with van der Waals surface area (Å²) in [6, 6.07) is -0.270. The molecule has 0 saturated carbocycles. The predicted octanol–water partition coefficient (Wildman–Crippen LogP) is 0.776. The van der Waals surface area contributed by atoms with Gasteiger partial charge in [-0.15, -0.1) is 24.0 Å². The molecule has 0 aliphatic carbocycles. The molecule has 0 aromatic carbocycles. The molecule has 1 atom stereocenters. The van der Waals surface area contributed by atoms with Gasteiger partial charge >= 0.3 is 0 Å². The maximum absolute atomic E-state index is 12.0. The van der Waals surface area contributed by atoms with Crippen LogP contribution in [-0.4, -0.2) is 56.6 Å². The predicted molar refractivity (Wildman–Crippen MR) is 119 cm³/mol. The quantitative estimate of drug-likeness (QED) is 0.259. The van der Waals surface area contributed by atoms with E-state index in [1.165, 1.54) is 0 Å². The highest BCUT2D eigenvalue weighted by Gasteiger charge is 2.28. The molecule has 2 heterocycles. The number of halogens is 1. The van der Waals surface area contributed by atoms with E-state index in [1.807, 2.05) is 13.8 Å². The van der Waals surface area contributed by atoms with E-state index in [2.05, 4.69) is 26.1 Å². The topological polar surface area (TPSA) is 126 Å². The van der Waals surface area contributed by atoms with Gasteiger partial charge in [0.25, 0.3) is 0 Å². The van der Waals surface area contributed by atoms with Crippen molar-refractivity contribution in [1.29, 1.82) is 0 Å². The molecule has 1 fully saturated rings. The number of aromatic nitrogens is 1. The summed E-state index contributed by atoms with van der Waals surface area (Å²) in [4.78, 5) is 16.1. The number of guanidine groups is 1. The SMILES string of the molecule is CCc1noc(CC)c1CNC(=NC)NCCC(=O)NC1CCS(=O)(=O)C1.I. The molecule has 1 saturated heterocycles. The number of nitrogens with one attached hydrogen (secondary N) is 3. The molecule has 3 N–H and O–H groups in total. The maximum atomic E-state index is 12.0. The highest BCUT2D eigenvalue weighted by molar-refractivity contribution is 14.0. The van der Waals surface area contributed by atoms with Crippen molar-refractivity contribution in [1.82, 2.24) is 21.1 Å². The van der Waals surface area contributed by atoms with Crippen LogP contribution in [0.2, 0.25) is 0 Å². The third-order valence-electron chi connectivity index (χ3n) is 4.51. The van der Waals surface area contributed by atoms with E-state index in [0.29, 0.717) is 25.5 Å². The average Bonchev–Trinajstić information content (AvgIpc) is 3.19. The minimum atomic E-state index is -2.99. The number of sulfone groups is 1. The summed E-state index contributed by atoms with van der Waals surface area (Å²) in [5.41, 5.74) is 1.98. The van der Waals surface area contributed by atoms with Crippen molar-refractivity contribution < 1.29 is 17.7 Å². The molecule has 1 aliphatic rings. The molecule has 0 radical (unpaired) electrons. The number of nitrogens with zero attached hydrogens (tertiary/aromatic N) is 2. The van der Waals surface area contributed by atoms with Crippen molar-refractivity contribution in [2.24, 2.45) is 4.99 Å². The molecular weight excluding hydrogens is 497 g/mol. The first kappa shape index (κ1) is 24.7. The molecule has 1 amide bonds. The van der Waals surface area contributed by atoms with Gasteiger partial charge in [-0.1, -0.05) is 19.0 Å². The lowest BCUT2D eigenvalue weighted by molar-refractivity contribution is -0.121. The lowest BCUT2D eigenvalue weighted by Crippen LogP contribution is -2.41. The van der Waals surface area contributed by atoms with Gasteiger partial charge in [-0.2, -0.15) is 0 Å². The lowest BCUT2D eigenvalue weighted by atomic mass is 10.1. The van der Waals surface area contributed by atoms with Crippen LogP contribution in [0, 0.1) is 0 Å². The summed E-state index contributed by atoms with van der Waals surface area (Å²) in [6.45, 7) is 4.99. The first-order chi connectivity index (χ1) is 12.9. The zero-order chi connectivity index (χ0) is 19.9. The summed E-state index contributed by atoms with van der Waals surface area (Å²) in [6.07, 6.45) is 2.30. The molecule has 160 valence electrons. The fourth-order valence-corrected chi connectivity index (χ4v) is 4.71. The summed E-state index contributed by atoms with van der Waals surface area (Å²) in [5.74, 6) is 1.46. The number of aryl methyl sites for hydroxylation is 2. The van der Waals surface area contributed by atoms with Crippen molar-refractivity contribution in [3.63, 3.8) is 0 Å². The van der Waals surface area contributed by atoms with Crippen LogP contribution in [0.3, 0.4) is 0 Å². The van der Waals surface area contributed by atoms with Gasteiger partial charge in [0.1, 0.15) is 5.76 Å². The number of amides is 1. The van der Waals surface area contributed by atoms with Gasteiger partial charge in [0, 0.05) is 44.6 Å². The number of aliphatic imine (C=N–C) groups is 1. The van der Waals surface area contributed by atoms with Crippen molar-refractivity contribution in [2.45, 2.75) is 52.1 Å².